The molecule has 0 spiro atoms. The molecule has 0 heterocycles. The molecule has 142 valence electrons. The summed E-state index contributed by atoms with van der Waals surface area (Å²) >= 11 is 0. The van der Waals surface area contributed by atoms with E-state index in [1.54, 1.807) is 19.1 Å². The molecule has 26 heavy (non-hydrogen) atoms. The molecule has 0 bridgehead atoms. The monoisotopic (exact) mass is 360 g/mol. The highest BCUT2D eigenvalue weighted by molar-refractivity contribution is 5.96. The van der Waals surface area contributed by atoms with Crippen LogP contribution in [0.3, 0.4) is 0 Å². The summed E-state index contributed by atoms with van der Waals surface area (Å²) in [7, 11) is 0. The van der Waals surface area contributed by atoms with Crippen LogP contribution in [0, 0.1) is 12.8 Å². The number of carbonyl (C=O) groups excluding carboxylic acids is 3. The van der Waals surface area contributed by atoms with Gasteiger partial charge in [-0.2, -0.15) is 0 Å². The SMILES string of the molecule is Cc1ccc(C(=O)NCC(=O)O[C@@H](C)C(=O)N[C@H]2CCCC[C@@H]2C)cc1. The lowest BCUT2D eigenvalue weighted by Crippen LogP contribution is -2.46. The van der Waals surface area contributed by atoms with E-state index in [2.05, 4.69) is 17.6 Å². The highest BCUT2D eigenvalue weighted by Crippen LogP contribution is 2.23. The maximum absolute atomic E-state index is 12.2. The molecule has 0 saturated heterocycles. The van der Waals surface area contributed by atoms with Crippen LogP contribution in [-0.4, -0.2) is 36.5 Å². The van der Waals surface area contributed by atoms with Crippen molar-refractivity contribution < 1.29 is 19.1 Å². The van der Waals surface area contributed by atoms with Crippen molar-refractivity contribution >= 4 is 17.8 Å². The first-order valence-corrected chi connectivity index (χ1v) is 9.21. The number of carbonyl (C=O) groups is 3. The lowest BCUT2D eigenvalue weighted by molar-refractivity contribution is -0.154. The van der Waals surface area contributed by atoms with Crippen molar-refractivity contribution in [2.24, 2.45) is 5.92 Å². The van der Waals surface area contributed by atoms with Gasteiger partial charge in [-0.1, -0.05) is 37.5 Å². The van der Waals surface area contributed by atoms with Crippen LogP contribution < -0.4 is 10.6 Å². The fourth-order valence-corrected chi connectivity index (χ4v) is 3.08. The van der Waals surface area contributed by atoms with Gasteiger partial charge in [0, 0.05) is 11.6 Å². The van der Waals surface area contributed by atoms with Gasteiger partial charge >= 0.3 is 5.97 Å². The topological polar surface area (TPSA) is 84.5 Å². The molecular weight excluding hydrogens is 332 g/mol. The molecule has 1 aliphatic rings. The van der Waals surface area contributed by atoms with Crippen LogP contribution in [-0.2, 0) is 14.3 Å². The molecule has 2 amide bonds. The van der Waals surface area contributed by atoms with Gasteiger partial charge in [0.2, 0.25) is 0 Å². The number of hydrogen-bond donors (Lipinski definition) is 2. The van der Waals surface area contributed by atoms with E-state index in [0.29, 0.717) is 11.5 Å². The average Bonchev–Trinajstić information content (AvgIpc) is 2.62. The van der Waals surface area contributed by atoms with Crippen LogP contribution in [0.5, 0.6) is 0 Å². The van der Waals surface area contributed by atoms with Gasteiger partial charge in [-0.05, 0) is 44.7 Å². The van der Waals surface area contributed by atoms with Crippen LogP contribution in [0.4, 0.5) is 0 Å². The maximum Gasteiger partial charge on any atom is 0.326 e. The molecule has 0 unspecified atom stereocenters. The summed E-state index contributed by atoms with van der Waals surface area (Å²) in [6.45, 7) is 5.33. The third kappa shape index (κ3) is 5.86. The van der Waals surface area contributed by atoms with Crippen LogP contribution in [0.2, 0.25) is 0 Å². The average molecular weight is 360 g/mol. The Bertz CT molecular complexity index is 642. The third-order valence-electron chi connectivity index (χ3n) is 4.82. The molecule has 6 nitrogen and oxygen atoms in total. The lowest BCUT2D eigenvalue weighted by Gasteiger charge is -2.30. The quantitative estimate of drug-likeness (QED) is 0.763. The predicted molar refractivity (Wildman–Crippen MR) is 98.6 cm³/mol. The van der Waals surface area contributed by atoms with Crippen LogP contribution in [0.15, 0.2) is 24.3 Å². The normalized spacial score (nSPS) is 20.7. The number of rotatable bonds is 6. The number of aryl methyl sites for hydroxylation is 1. The van der Waals surface area contributed by atoms with Gasteiger partial charge in [-0.3, -0.25) is 14.4 Å². The highest BCUT2D eigenvalue weighted by Gasteiger charge is 2.26. The molecule has 6 heteroatoms. The van der Waals surface area contributed by atoms with Crippen molar-refractivity contribution in [3.63, 3.8) is 0 Å². The molecule has 0 radical (unpaired) electrons. The summed E-state index contributed by atoms with van der Waals surface area (Å²) in [5.74, 6) is -0.841. The Morgan fingerprint density at radius 1 is 1.15 bits per heavy atom. The van der Waals surface area contributed by atoms with E-state index in [1.807, 2.05) is 19.1 Å². The minimum Gasteiger partial charge on any atom is -0.451 e. The Morgan fingerprint density at radius 3 is 2.46 bits per heavy atom. The number of amides is 2. The zero-order valence-corrected chi connectivity index (χ0v) is 15.7. The number of nitrogens with one attached hydrogen (secondary N) is 2. The van der Waals surface area contributed by atoms with Crippen LogP contribution >= 0.6 is 0 Å². The van der Waals surface area contributed by atoms with Crippen molar-refractivity contribution in [3.8, 4) is 0 Å². The lowest BCUT2D eigenvalue weighted by atomic mass is 9.86. The van der Waals surface area contributed by atoms with E-state index < -0.39 is 12.1 Å². The zero-order chi connectivity index (χ0) is 19.1. The minimum absolute atomic E-state index is 0.138. The molecule has 1 fully saturated rings. The molecule has 1 saturated carbocycles. The summed E-state index contributed by atoms with van der Waals surface area (Å²) in [6, 6.07) is 7.17. The van der Waals surface area contributed by atoms with Gasteiger partial charge in [-0.25, -0.2) is 0 Å². The first-order valence-electron chi connectivity index (χ1n) is 9.21. The number of ether oxygens (including phenoxy) is 1. The second-order valence-electron chi connectivity index (χ2n) is 7.06. The zero-order valence-electron chi connectivity index (χ0n) is 15.7. The largest absolute Gasteiger partial charge is 0.451 e. The molecule has 2 rings (SSSR count). The second kappa shape index (κ2) is 9.36. The molecule has 1 aliphatic carbocycles. The van der Waals surface area contributed by atoms with Gasteiger partial charge in [-0.15, -0.1) is 0 Å². The van der Waals surface area contributed by atoms with E-state index in [1.165, 1.54) is 6.42 Å². The van der Waals surface area contributed by atoms with Gasteiger partial charge in [0.15, 0.2) is 6.10 Å². The molecule has 1 aromatic carbocycles. The van der Waals surface area contributed by atoms with Gasteiger partial charge in [0.25, 0.3) is 11.8 Å². The molecule has 2 N–H and O–H groups in total. The molecule has 0 aliphatic heterocycles. The van der Waals surface area contributed by atoms with Crippen molar-refractivity contribution in [3.05, 3.63) is 35.4 Å². The van der Waals surface area contributed by atoms with E-state index in [9.17, 15) is 14.4 Å². The van der Waals surface area contributed by atoms with Crippen molar-refractivity contribution in [1.29, 1.82) is 0 Å². The van der Waals surface area contributed by atoms with Crippen molar-refractivity contribution in [2.45, 2.75) is 58.6 Å². The van der Waals surface area contributed by atoms with Gasteiger partial charge < -0.3 is 15.4 Å². The van der Waals surface area contributed by atoms with E-state index >= 15 is 0 Å². The van der Waals surface area contributed by atoms with Gasteiger partial charge in [0.1, 0.15) is 6.54 Å². The predicted octanol–water partition coefficient (Wildman–Crippen LogP) is 2.35. The maximum atomic E-state index is 12.2. The van der Waals surface area contributed by atoms with Crippen LogP contribution in [0.25, 0.3) is 0 Å². The number of esters is 1. The Morgan fingerprint density at radius 2 is 1.81 bits per heavy atom. The molecule has 0 aromatic heterocycles. The molecule has 3 atom stereocenters. The Balaban J connectivity index is 1.74. The Kier molecular flexibility index (Phi) is 7.18. The summed E-state index contributed by atoms with van der Waals surface area (Å²) < 4.78 is 5.13. The van der Waals surface area contributed by atoms with Crippen molar-refractivity contribution in [1.82, 2.24) is 10.6 Å². The van der Waals surface area contributed by atoms with E-state index in [4.69, 9.17) is 4.74 Å². The summed E-state index contributed by atoms with van der Waals surface area (Å²) in [5, 5.41) is 5.47. The third-order valence-corrected chi connectivity index (χ3v) is 4.82. The van der Waals surface area contributed by atoms with E-state index in [0.717, 1.165) is 24.8 Å². The standard InChI is InChI=1S/C20H28N2O4/c1-13-8-10-16(11-9-13)20(25)21-12-18(23)26-15(3)19(24)22-17-7-5-4-6-14(17)2/h8-11,14-15,17H,4-7,12H2,1-3H3,(H,21,25)(H,22,24)/t14-,15-,17-/m0/s1. The number of benzene rings is 1. The smallest absolute Gasteiger partial charge is 0.326 e. The Hall–Kier alpha value is -2.37. The summed E-state index contributed by atoms with van der Waals surface area (Å²) in [6.07, 6.45) is 3.48. The fourth-order valence-electron chi connectivity index (χ4n) is 3.08. The summed E-state index contributed by atoms with van der Waals surface area (Å²) in [4.78, 5) is 36.1. The number of hydrogen-bond acceptors (Lipinski definition) is 4. The first-order chi connectivity index (χ1) is 12.4. The van der Waals surface area contributed by atoms with Gasteiger partial charge in [0.05, 0.1) is 0 Å². The van der Waals surface area contributed by atoms with Crippen LogP contribution in [0.1, 0.15) is 55.5 Å². The first kappa shape index (κ1) is 19.9. The molecular formula is C20H28N2O4. The fraction of sp³-hybridized carbons (Fsp3) is 0.550. The Labute approximate surface area is 154 Å². The highest BCUT2D eigenvalue weighted by atomic mass is 16.5. The summed E-state index contributed by atoms with van der Waals surface area (Å²) in [5.41, 5.74) is 1.52. The van der Waals surface area contributed by atoms with E-state index in [-0.39, 0.29) is 24.4 Å². The molecule has 1 aromatic rings. The van der Waals surface area contributed by atoms with Crippen molar-refractivity contribution in [2.75, 3.05) is 6.54 Å². The minimum atomic E-state index is -0.882. The second-order valence-corrected chi connectivity index (χ2v) is 7.06.